The molecule has 2 rings (SSSR count). The zero-order chi connectivity index (χ0) is 16.8. The Balaban J connectivity index is 0.00000288. The van der Waals surface area contributed by atoms with Crippen LogP contribution in [0.3, 0.4) is 0 Å². The molecule has 0 saturated carbocycles. The van der Waals surface area contributed by atoms with E-state index < -0.39 is 24.0 Å². The molecule has 122 valence electrons. The smallest absolute Gasteiger partial charge is 0.548 e. The van der Waals surface area contributed by atoms with E-state index in [1.165, 1.54) is 0 Å². The van der Waals surface area contributed by atoms with E-state index in [1.807, 2.05) is 24.3 Å². The number of para-hydroxylation sites is 1. The van der Waals surface area contributed by atoms with Crippen LogP contribution in [-0.4, -0.2) is 42.7 Å². The van der Waals surface area contributed by atoms with Crippen molar-refractivity contribution in [3.63, 3.8) is 0 Å². The Hall–Kier alpha value is -2.03. The van der Waals surface area contributed by atoms with Gasteiger partial charge in [-0.05, 0) is 11.6 Å². The topological polar surface area (TPSA) is 123 Å². The van der Waals surface area contributed by atoms with Gasteiger partial charge in [-0.15, -0.1) is 0 Å². The van der Waals surface area contributed by atoms with Crippen LogP contribution in [0.5, 0.6) is 0 Å². The number of hydrogen-bond acceptors (Lipinski definition) is 5. The molecule has 1 aromatic carbocycles. The summed E-state index contributed by atoms with van der Waals surface area (Å²) in [6, 6.07) is 6.21. The van der Waals surface area contributed by atoms with Crippen molar-refractivity contribution in [2.45, 2.75) is 12.5 Å². The van der Waals surface area contributed by atoms with Gasteiger partial charge in [-0.25, -0.2) is 4.79 Å². The standard InChI is InChI=1S/C15H17N3O5.Na/c1-23-15(22)17-8-13(19)18-12(14(20)21)6-9-7-16-11-5-3-2-4-10(9)11;/h2-5,7,12,16H,6,8H2,1H3,(H,17,22)(H,18,19)(H,20,21);/q;+1/p-1/t12-;/m0./s1. The van der Waals surface area contributed by atoms with E-state index >= 15 is 0 Å². The summed E-state index contributed by atoms with van der Waals surface area (Å²) in [6.45, 7) is -0.385. The van der Waals surface area contributed by atoms with Crippen molar-refractivity contribution in [2.24, 2.45) is 0 Å². The fraction of sp³-hybridized carbons (Fsp3) is 0.267. The van der Waals surface area contributed by atoms with Crippen molar-refractivity contribution in [1.82, 2.24) is 15.6 Å². The Morgan fingerprint density at radius 3 is 2.67 bits per heavy atom. The number of nitrogens with one attached hydrogen (secondary N) is 3. The SMILES string of the molecule is COC(=O)NCC(=O)N[C@@H](Cc1c[nH]c2ccccc12)C(=O)[O-].[Na+]. The van der Waals surface area contributed by atoms with Gasteiger partial charge in [0.25, 0.3) is 0 Å². The molecule has 0 radical (unpaired) electrons. The second kappa shape index (κ2) is 9.31. The molecule has 24 heavy (non-hydrogen) atoms. The summed E-state index contributed by atoms with van der Waals surface area (Å²) < 4.78 is 4.32. The number of carbonyl (C=O) groups is 3. The molecule has 0 unspecified atom stereocenters. The largest absolute Gasteiger partial charge is 1.00 e. The van der Waals surface area contributed by atoms with Crippen LogP contribution >= 0.6 is 0 Å². The monoisotopic (exact) mass is 341 g/mol. The van der Waals surface area contributed by atoms with Gasteiger partial charge in [0, 0.05) is 23.5 Å². The second-order valence-electron chi connectivity index (χ2n) is 4.85. The van der Waals surface area contributed by atoms with E-state index in [0.29, 0.717) is 0 Å². The van der Waals surface area contributed by atoms with E-state index in [2.05, 4.69) is 20.4 Å². The molecule has 0 aliphatic carbocycles. The number of benzene rings is 1. The predicted molar refractivity (Wildman–Crippen MR) is 79.3 cm³/mol. The van der Waals surface area contributed by atoms with Crippen molar-refractivity contribution >= 4 is 28.9 Å². The molecule has 9 heteroatoms. The molecule has 0 bridgehead atoms. The third-order valence-corrected chi connectivity index (χ3v) is 3.30. The molecule has 0 aliphatic rings. The Labute approximate surface area is 160 Å². The number of amides is 2. The summed E-state index contributed by atoms with van der Waals surface area (Å²) in [6.07, 6.45) is 0.984. The average molecular weight is 341 g/mol. The number of ether oxygens (including phenoxy) is 1. The van der Waals surface area contributed by atoms with Gasteiger partial charge in [0.1, 0.15) is 6.54 Å². The second-order valence-corrected chi connectivity index (χ2v) is 4.85. The molecule has 2 amide bonds. The van der Waals surface area contributed by atoms with Crippen LogP contribution in [-0.2, 0) is 20.7 Å². The van der Waals surface area contributed by atoms with Crippen molar-refractivity contribution in [1.29, 1.82) is 0 Å². The average Bonchev–Trinajstić information content (AvgIpc) is 2.95. The molecular formula is C15H16N3NaO5. The maximum Gasteiger partial charge on any atom is 1.00 e. The fourth-order valence-electron chi connectivity index (χ4n) is 2.18. The van der Waals surface area contributed by atoms with Gasteiger partial charge in [0.05, 0.1) is 19.1 Å². The number of carbonyl (C=O) groups excluding carboxylic acids is 3. The van der Waals surface area contributed by atoms with Gasteiger partial charge < -0.3 is 30.3 Å². The zero-order valence-electron chi connectivity index (χ0n) is 13.4. The van der Waals surface area contributed by atoms with Crippen molar-refractivity contribution in [3.05, 3.63) is 36.0 Å². The number of hydrogen-bond donors (Lipinski definition) is 3. The van der Waals surface area contributed by atoms with Crippen LogP contribution in [0.2, 0.25) is 0 Å². The summed E-state index contributed by atoms with van der Waals surface area (Å²) in [4.78, 5) is 36.9. The predicted octanol–water partition coefficient (Wildman–Crippen LogP) is -3.69. The molecule has 0 spiro atoms. The van der Waals surface area contributed by atoms with Gasteiger partial charge in [0.15, 0.2) is 0 Å². The molecule has 0 aliphatic heterocycles. The molecule has 1 aromatic heterocycles. The van der Waals surface area contributed by atoms with Crippen LogP contribution in [0, 0.1) is 0 Å². The molecule has 3 N–H and O–H groups in total. The van der Waals surface area contributed by atoms with E-state index in [4.69, 9.17) is 0 Å². The van der Waals surface area contributed by atoms with Gasteiger partial charge in [-0.2, -0.15) is 0 Å². The Morgan fingerprint density at radius 2 is 2.00 bits per heavy atom. The van der Waals surface area contributed by atoms with Crippen LogP contribution in [0.25, 0.3) is 10.9 Å². The number of carboxylic acid groups (broad SMARTS) is 1. The third-order valence-electron chi connectivity index (χ3n) is 3.30. The summed E-state index contributed by atoms with van der Waals surface area (Å²) in [5.74, 6) is -2.05. The van der Waals surface area contributed by atoms with Crippen molar-refractivity contribution in [3.8, 4) is 0 Å². The van der Waals surface area contributed by atoms with Gasteiger partial charge in [-0.3, -0.25) is 4.79 Å². The number of methoxy groups -OCH3 is 1. The first kappa shape index (κ1) is 20.0. The van der Waals surface area contributed by atoms with E-state index in [1.54, 1.807) is 6.20 Å². The first-order valence-electron chi connectivity index (χ1n) is 6.88. The summed E-state index contributed by atoms with van der Waals surface area (Å²) in [5, 5.41) is 16.6. The number of carboxylic acids is 1. The number of alkyl carbamates (subject to hydrolysis) is 1. The van der Waals surface area contributed by atoms with Crippen molar-refractivity contribution in [2.75, 3.05) is 13.7 Å². The fourth-order valence-corrected chi connectivity index (χ4v) is 2.18. The number of fused-ring (bicyclic) bond motifs is 1. The van der Waals surface area contributed by atoms with E-state index in [-0.39, 0.29) is 42.5 Å². The van der Waals surface area contributed by atoms with Gasteiger partial charge in [-0.1, -0.05) is 18.2 Å². The number of H-pyrrole nitrogens is 1. The quantitative estimate of drug-likeness (QED) is 0.467. The first-order valence-corrected chi connectivity index (χ1v) is 6.88. The van der Waals surface area contributed by atoms with Crippen LogP contribution in [0.1, 0.15) is 5.56 Å². The Kier molecular flexibility index (Phi) is 7.76. The molecular weight excluding hydrogens is 325 g/mol. The minimum Gasteiger partial charge on any atom is -0.548 e. The Morgan fingerprint density at radius 1 is 1.29 bits per heavy atom. The van der Waals surface area contributed by atoms with Crippen molar-refractivity contribution < 1.29 is 53.8 Å². The minimum atomic E-state index is -1.40. The number of aliphatic carboxylic acids is 1. The van der Waals surface area contributed by atoms with Gasteiger partial charge >= 0.3 is 35.7 Å². The maximum absolute atomic E-state index is 11.7. The molecule has 0 saturated heterocycles. The summed E-state index contributed by atoms with van der Waals surface area (Å²) in [7, 11) is 1.16. The normalized spacial score (nSPS) is 11.2. The summed E-state index contributed by atoms with van der Waals surface area (Å²) in [5.41, 5.74) is 1.62. The Bertz CT molecular complexity index is 731. The third kappa shape index (κ3) is 5.26. The number of rotatable bonds is 6. The molecule has 2 aromatic rings. The van der Waals surface area contributed by atoms with E-state index in [0.717, 1.165) is 23.6 Å². The van der Waals surface area contributed by atoms with E-state index in [9.17, 15) is 19.5 Å². The number of aromatic nitrogens is 1. The number of aromatic amines is 1. The zero-order valence-corrected chi connectivity index (χ0v) is 15.4. The summed E-state index contributed by atoms with van der Waals surface area (Å²) >= 11 is 0. The molecule has 1 heterocycles. The molecule has 0 fully saturated rings. The minimum absolute atomic E-state index is 0. The van der Waals surface area contributed by atoms with Crippen LogP contribution in [0.4, 0.5) is 4.79 Å². The maximum atomic E-state index is 11.7. The molecule has 1 atom stereocenters. The van der Waals surface area contributed by atoms with Crippen LogP contribution in [0.15, 0.2) is 30.5 Å². The molecule has 8 nitrogen and oxygen atoms in total. The first-order chi connectivity index (χ1) is 11.0. The van der Waals surface area contributed by atoms with Gasteiger partial charge in [0.2, 0.25) is 5.91 Å². The van der Waals surface area contributed by atoms with Crippen LogP contribution < -0.4 is 45.3 Å².